The van der Waals surface area contributed by atoms with Crippen molar-refractivity contribution in [2.45, 2.75) is 69.1 Å². The van der Waals surface area contributed by atoms with Crippen LogP contribution < -0.4 is 5.32 Å². The lowest BCUT2D eigenvalue weighted by atomic mass is 10.0. The molecule has 0 atom stereocenters. The van der Waals surface area contributed by atoms with Crippen LogP contribution >= 0.6 is 11.8 Å². The quantitative estimate of drug-likeness (QED) is 0.667. The average molecular weight is 227 g/mol. The van der Waals surface area contributed by atoms with Crippen LogP contribution in [0.4, 0.5) is 0 Å². The molecule has 0 aromatic rings. The summed E-state index contributed by atoms with van der Waals surface area (Å²) in [6.45, 7) is 1.26. The van der Waals surface area contributed by atoms with Crippen molar-refractivity contribution >= 4 is 11.8 Å². The van der Waals surface area contributed by atoms with Crippen LogP contribution in [0, 0.1) is 0 Å². The van der Waals surface area contributed by atoms with Crippen molar-refractivity contribution in [1.82, 2.24) is 5.32 Å². The minimum atomic E-state index is 0.899. The molecule has 0 radical (unpaired) electrons. The van der Waals surface area contributed by atoms with Gasteiger partial charge in [0.25, 0.3) is 0 Å². The Morgan fingerprint density at radius 1 is 0.933 bits per heavy atom. The molecule has 88 valence electrons. The normalized spacial score (nSPS) is 23.2. The van der Waals surface area contributed by atoms with E-state index in [2.05, 4.69) is 17.1 Å². The predicted octanol–water partition coefficient (Wildman–Crippen LogP) is 3.58. The maximum atomic E-state index is 3.59. The van der Waals surface area contributed by atoms with Crippen LogP contribution in [0.5, 0.6) is 0 Å². The Morgan fingerprint density at radius 2 is 1.73 bits per heavy atom. The van der Waals surface area contributed by atoms with E-state index < -0.39 is 0 Å². The molecule has 15 heavy (non-hydrogen) atoms. The number of hydrogen-bond donors (Lipinski definition) is 1. The second-order valence-electron chi connectivity index (χ2n) is 5.07. The van der Waals surface area contributed by atoms with Gasteiger partial charge in [0.05, 0.1) is 0 Å². The Hall–Kier alpha value is 0.310. The summed E-state index contributed by atoms with van der Waals surface area (Å²) in [6, 6.07) is 0.899. The van der Waals surface area contributed by atoms with Crippen molar-refractivity contribution < 1.29 is 0 Å². The van der Waals surface area contributed by atoms with Gasteiger partial charge >= 0.3 is 0 Å². The maximum Gasteiger partial charge on any atom is 0.00682 e. The fourth-order valence-electron chi connectivity index (χ4n) is 2.30. The van der Waals surface area contributed by atoms with Gasteiger partial charge in [0.2, 0.25) is 0 Å². The predicted molar refractivity (Wildman–Crippen MR) is 69.6 cm³/mol. The lowest BCUT2D eigenvalue weighted by Gasteiger charge is -2.20. The first-order valence-corrected chi connectivity index (χ1v) is 7.85. The summed E-state index contributed by atoms with van der Waals surface area (Å²) < 4.78 is 0. The standard InChI is InChI=1S/C13H25NS/c1-2-6-13(7-3-1)15-11-5-4-10-14-12-8-9-12/h12-14H,1-11H2. The fourth-order valence-corrected chi connectivity index (χ4v) is 3.67. The van der Waals surface area contributed by atoms with E-state index in [1.54, 1.807) is 0 Å². The lowest BCUT2D eigenvalue weighted by molar-refractivity contribution is 0.515. The molecule has 1 N–H and O–H groups in total. The SMILES string of the molecule is C1CCC(SCCCCNC2CC2)CC1. The Bertz CT molecular complexity index is 162. The van der Waals surface area contributed by atoms with Crippen LogP contribution in [0.1, 0.15) is 57.8 Å². The zero-order valence-corrected chi connectivity index (χ0v) is 10.7. The van der Waals surface area contributed by atoms with Crippen molar-refractivity contribution in [3.05, 3.63) is 0 Å². The van der Waals surface area contributed by atoms with E-state index >= 15 is 0 Å². The molecule has 0 heterocycles. The van der Waals surface area contributed by atoms with Gasteiger partial charge in [0.15, 0.2) is 0 Å². The van der Waals surface area contributed by atoms with Crippen molar-refractivity contribution in [1.29, 1.82) is 0 Å². The van der Waals surface area contributed by atoms with Gasteiger partial charge in [-0.05, 0) is 50.8 Å². The Kier molecular flexibility index (Phi) is 5.34. The second-order valence-corrected chi connectivity index (χ2v) is 6.47. The van der Waals surface area contributed by atoms with Gasteiger partial charge in [0.1, 0.15) is 0 Å². The van der Waals surface area contributed by atoms with Gasteiger partial charge in [-0.2, -0.15) is 11.8 Å². The first-order chi connectivity index (χ1) is 7.45. The first-order valence-electron chi connectivity index (χ1n) is 6.80. The molecular formula is C13H25NS. The highest BCUT2D eigenvalue weighted by atomic mass is 32.2. The zero-order valence-electron chi connectivity index (χ0n) is 9.84. The number of thioether (sulfide) groups is 1. The summed E-state index contributed by atoms with van der Waals surface area (Å²) in [6.07, 6.45) is 13.1. The maximum absolute atomic E-state index is 3.59. The topological polar surface area (TPSA) is 12.0 Å². The third-order valence-corrected chi connectivity index (χ3v) is 4.95. The molecule has 0 amide bonds. The fraction of sp³-hybridized carbons (Fsp3) is 1.00. The monoisotopic (exact) mass is 227 g/mol. The highest BCUT2D eigenvalue weighted by Crippen LogP contribution is 2.28. The van der Waals surface area contributed by atoms with Gasteiger partial charge in [-0.3, -0.25) is 0 Å². The molecule has 2 rings (SSSR count). The van der Waals surface area contributed by atoms with Crippen LogP contribution in [0.15, 0.2) is 0 Å². The largest absolute Gasteiger partial charge is 0.314 e. The third-order valence-electron chi connectivity index (χ3n) is 3.49. The van der Waals surface area contributed by atoms with E-state index in [1.807, 2.05) is 0 Å². The number of nitrogens with one attached hydrogen (secondary N) is 1. The molecule has 2 aliphatic rings. The molecule has 0 aliphatic heterocycles. The zero-order chi connectivity index (χ0) is 10.3. The molecule has 2 aliphatic carbocycles. The van der Waals surface area contributed by atoms with Crippen LogP contribution in [0.2, 0.25) is 0 Å². The molecule has 2 heteroatoms. The van der Waals surface area contributed by atoms with Gasteiger partial charge in [-0.1, -0.05) is 19.3 Å². The Morgan fingerprint density at radius 3 is 2.47 bits per heavy atom. The van der Waals surface area contributed by atoms with Gasteiger partial charge in [-0.25, -0.2) is 0 Å². The molecule has 2 fully saturated rings. The summed E-state index contributed by atoms with van der Waals surface area (Å²) in [5.41, 5.74) is 0. The summed E-state index contributed by atoms with van der Waals surface area (Å²) in [7, 11) is 0. The minimum absolute atomic E-state index is 0.899. The highest BCUT2D eigenvalue weighted by molar-refractivity contribution is 7.99. The van der Waals surface area contributed by atoms with Crippen molar-refractivity contribution in [2.24, 2.45) is 0 Å². The van der Waals surface area contributed by atoms with Gasteiger partial charge in [0, 0.05) is 11.3 Å². The van der Waals surface area contributed by atoms with E-state index in [4.69, 9.17) is 0 Å². The van der Waals surface area contributed by atoms with Crippen LogP contribution in [-0.4, -0.2) is 23.6 Å². The van der Waals surface area contributed by atoms with E-state index in [0.717, 1.165) is 11.3 Å². The van der Waals surface area contributed by atoms with E-state index in [9.17, 15) is 0 Å². The highest BCUT2D eigenvalue weighted by Gasteiger charge is 2.19. The smallest absolute Gasteiger partial charge is 0.00682 e. The minimum Gasteiger partial charge on any atom is -0.314 e. The van der Waals surface area contributed by atoms with Gasteiger partial charge < -0.3 is 5.32 Å². The van der Waals surface area contributed by atoms with Crippen molar-refractivity contribution in [3.63, 3.8) is 0 Å². The molecule has 0 aromatic heterocycles. The number of unbranched alkanes of at least 4 members (excludes halogenated alkanes) is 1. The molecule has 0 unspecified atom stereocenters. The van der Waals surface area contributed by atoms with Gasteiger partial charge in [-0.15, -0.1) is 0 Å². The summed E-state index contributed by atoms with van der Waals surface area (Å²) >= 11 is 2.24. The Balaban J connectivity index is 1.37. The Labute approximate surface area is 98.8 Å². The molecule has 0 saturated heterocycles. The second kappa shape index (κ2) is 6.80. The average Bonchev–Trinajstić information content (AvgIpc) is 3.09. The summed E-state index contributed by atoms with van der Waals surface area (Å²) in [5.74, 6) is 1.40. The number of rotatable bonds is 7. The van der Waals surface area contributed by atoms with Crippen LogP contribution in [0.3, 0.4) is 0 Å². The summed E-state index contributed by atoms with van der Waals surface area (Å²) in [4.78, 5) is 0. The van der Waals surface area contributed by atoms with E-state index in [-0.39, 0.29) is 0 Å². The molecule has 1 nitrogen and oxygen atoms in total. The number of hydrogen-bond acceptors (Lipinski definition) is 2. The molecule has 2 saturated carbocycles. The lowest BCUT2D eigenvalue weighted by Crippen LogP contribution is -2.17. The van der Waals surface area contributed by atoms with Crippen molar-refractivity contribution in [2.75, 3.05) is 12.3 Å². The third kappa shape index (κ3) is 5.26. The van der Waals surface area contributed by atoms with E-state index in [0.29, 0.717) is 0 Å². The summed E-state index contributed by atoms with van der Waals surface area (Å²) in [5, 5.41) is 4.60. The molecule has 0 spiro atoms. The van der Waals surface area contributed by atoms with Crippen LogP contribution in [-0.2, 0) is 0 Å². The molecular weight excluding hydrogens is 202 g/mol. The first kappa shape index (κ1) is 11.8. The van der Waals surface area contributed by atoms with Crippen molar-refractivity contribution in [3.8, 4) is 0 Å². The molecule has 0 aromatic carbocycles. The molecule has 0 bridgehead atoms. The van der Waals surface area contributed by atoms with E-state index in [1.165, 1.54) is 70.1 Å². The van der Waals surface area contributed by atoms with Crippen LogP contribution in [0.25, 0.3) is 0 Å².